The van der Waals surface area contributed by atoms with E-state index < -0.39 is 23.6 Å². The molecule has 0 atom stereocenters. The highest BCUT2D eigenvalue weighted by Crippen LogP contribution is 2.47. The van der Waals surface area contributed by atoms with E-state index in [1.165, 1.54) is 0 Å². The lowest BCUT2D eigenvalue weighted by Gasteiger charge is -2.28. The number of carbonyl (C=O) groups is 4. The molecule has 0 N–H and O–H groups in total. The Morgan fingerprint density at radius 1 is 0.455 bits per heavy atom. The summed E-state index contributed by atoms with van der Waals surface area (Å²) in [6.07, 6.45) is 0. The van der Waals surface area contributed by atoms with E-state index in [9.17, 15) is 19.2 Å². The van der Waals surface area contributed by atoms with Crippen LogP contribution >= 0.6 is 0 Å². The van der Waals surface area contributed by atoms with Gasteiger partial charge in [0.25, 0.3) is 23.6 Å². The van der Waals surface area contributed by atoms with Crippen molar-refractivity contribution in [2.24, 2.45) is 0 Å². The molecule has 0 saturated heterocycles. The van der Waals surface area contributed by atoms with Crippen LogP contribution in [0.3, 0.4) is 0 Å². The van der Waals surface area contributed by atoms with E-state index in [0.717, 1.165) is 42.1 Å². The molecule has 10 heteroatoms. The smallest absolute Gasteiger partial charge is 0.312 e. The zero-order chi connectivity index (χ0) is 30.3. The van der Waals surface area contributed by atoms with Crippen LogP contribution in [0.15, 0.2) is 57.4 Å². The van der Waals surface area contributed by atoms with E-state index in [4.69, 9.17) is 8.83 Å². The summed E-state index contributed by atoms with van der Waals surface area (Å²) in [6.45, 7) is 6.96. The Kier molecular flexibility index (Phi) is 4.45. The fraction of sp³-hybridized carbons (Fsp3) is 0.118. The third kappa shape index (κ3) is 2.80. The van der Waals surface area contributed by atoms with Crippen LogP contribution in [0.5, 0.6) is 0 Å². The summed E-state index contributed by atoms with van der Waals surface area (Å²) in [4.78, 5) is 65.8. The Morgan fingerprint density at radius 2 is 0.750 bits per heavy atom. The average Bonchev–Trinajstić information content (AvgIpc) is 3.52. The fourth-order valence-electron chi connectivity index (χ4n) is 6.72. The molecule has 4 amide bonds. The first kappa shape index (κ1) is 24.7. The SMILES string of the molecule is Cc1nc(N2C(=O)c3ccc4c5ccc6c7c(ccc(c8ccc(c3c48)C2=O)c75)C(=O)N(c2nc(C)c(C)o2)C6=O)oc1C. The van der Waals surface area contributed by atoms with Gasteiger partial charge in [0, 0.05) is 33.0 Å². The Bertz CT molecular complexity index is 2200. The van der Waals surface area contributed by atoms with E-state index >= 15 is 0 Å². The third-order valence-corrected chi connectivity index (χ3v) is 9.05. The molecule has 5 aromatic carbocycles. The Hall–Kier alpha value is -5.90. The number of imide groups is 2. The van der Waals surface area contributed by atoms with Crippen LogP contribution in [0.1, 0.15) is 64.3 Å². The number of aryl methyl sites for hydroxylation is 4. The quantitative estimate of drug-likeness (QED) is 0.128. The summed E-state index contributed by atoms with van der Waals surface area (Å²) in [5, 5.41) is 5.83. The zero-order valence-electron chi connectivity index (χ0n) is 23.9. The van der Waals surface area contributed by atoms with Crippen molar-refractivity contribution in [1.82, 2.24) is 9.97 Å². The van der Waals surface area contributed by atoms with Crippen molar-refractivity contribution in [2.75, 3.05) is 9.80 Å². The minimum atomic E-state index is -0.517. The number of fused-ring (bicyclic) bond motifs is 2. The lowest BCUT2D eigenvalue weighted by molar-refractivity contribution is 0.0869. The van der Waals surface area contributed by atoms with E-state index in [2.05, 4.69) is 9.97 Å². The van der Waals surface area contributed by atoms with Gasteiger partial charge in [0.15, 0.2) is 0 Å². The Balaban J connectivity index is 1.32. The summed E-state index contributed by atoms with van der Waals surface area (Å²) in [7, 11) is 0. The van der Waals surface area contributed by atoms with Gasteiger partial charge in [-0.05, 0) is 84.3 Å². The first-order chi connectivity index (χ1) is 21.2. The molecule has 2 aliphatic heterocycles. The second-order valence-electron chi connectivity index (χ2n) is 11.3. The van der Waals surface area contributed by atoms with Gasteiger partial charge < -0.3 is 8.83 Å². The molecule has 44 heavy (non-hydrogen) atoms. The van der Waals surface area contributed by atoms with Gasteiger partial charge in [-0.25, -0.2) is 0 Å². The molecular weight excluding hydrogens is 560 g/mol. The van der Waals surface area contributed by atoms with E-state index in [1.54, 1.807) is 52.0 Å². The maximum atomic E-state index is 13.8. The predicted molar refractivity (Wildman–Crippen MR) is 162 cm³/mol. The predicted octanol–water partition coefficient (Wildman–Crippen LogP) is 6.55. The minimum absolute atomic E-state index is 0.0582. The molecule has 9 rings (SSSR count). The molecule has 0 bridgehead atoms. The number of amides is 4. The van der Waals surface area contributed by atoms with Gasteiger partial charge in [0.1, 0.15) is 11.5 Å². The number of aromatic nitrogens is 2. The van der Waals surface area contributed by atoms with Crippen LogP contribution in [-0.4, -0.2) is 33.6 Å². The molecular formula is C34H20N4O6. The summed E-state index contributed by atoms with van der Waals surface area (Å²) >= 11 is 0. The lowest BCUT2D eigenvalue weighted by atomic mass is 9.82. The number of nitrogens with zero attached hydrogens (tertiary/aromatic N) is 4. The van der Waals surface area contributed by atoms with Crippen LogP contribution in [0.25, 0.3) is 43.1 Å². The number of oxazole rings is 2. The molecule has 0 fully saturated rings. The van der Waals surface area contributed by atoms with E-state index in [0.29, 0.717) is 55.9 Å². The largest absolute Gasteiger partial charge is 0.428 e. The number of benzene rings is 5. The molecule has 2 aliphatic rings. The second kappa shape index (κ2) is 7.93. The molecule has 0 radical (unpaired) electrons. The molecule has 0 aliphatic carbocycles. The van der Waals surface area contributed by atoms with Gasteiger partial charge in [0.2, 0.25) is 0 Å². The van der Waals surface area contributed by atoms with Gasteiger partial charge in [0.05, 0.1) is 11.4 Å². The second-order valence-corrected chi connectivity index (χ2v) is 11.3. The fourth-order valence-corrected chi connectivity index (χ4v) is 6.72. The van der Waals surface area contributed by atoms with Gasteiger partial charge in [-0.3, -0.25) is 19.2 Å². The number of carbonyl (C=O) groups excluding carboxylic acids is 4. The van der Waals surface area contributed by atoms with Gasteiger partial charge >= 0.3 is 12.0 Å². The highest BCUT2D eigenvalue weighted by molar-refractivity contribution is 6.45. The lowest BCUT2D eigenvalue weighted by Crippen LogP contribution is -2.41. The van der Waals surface area contributed by atoms with Crippen LogP contribution in [0, 0.1) is 27.7 Å². The highest BCUT2D eigenvalue weighted by Gasteiger charge is 2.40. The van der Waals surface area contributed by atoms with Crippen LogP contribution in [0.2, 0.25) is 0 Å². The maximum absolute atomic E-state index is 13.8. The molecule has 0 saturated carbocycles. The normalized spacial score (nSPS) is 14.9. The first-order valence-corrected chi connectivity index (χ1v) is 14.0. The Labute approximate surface area is 247 Å². The van der Waals surface area contributed by atoms with Crippen molar-refractivity contribution in [1.29, 1.82) is 0 Å². The average molecular weight is 581 g/mol. The van der Waals surface area contributed by atoms with Crippen molar-refractivity contribution in [3.05, 3.63) is 93.7 Å². The standard InChI is InChI=1S/C34H20N4O6/c1-13-15(3)43-33(35-13)37-29(39)21-9-5-17-19-7-11-23-28-24(32(42)38(31(23)41)34-36-14(2)16(4)44-34)12-8-20(26(19)28)18-6-10-22(30(37)40)27(21)25(17)18/h5-12H,1-4H3. The van der Waals surface area contributed by atoms with Crippen LogP contribution in [-0.2, 0) is 0 Å². The molecule has 7 aromatic rings. The van der Waals surface area contributed by atoms with E-state index in [-0.39, 0.29) is 12.0 Å². The highest BCUT2D eigenvalue weighted by atomic mass is 16.4. The van der Waals surface area contributed by atoms with Crippen molar-refractivity contribution in [3.63, 3.8) is 0 Å². The molecule has 0 unspecified atom stereocenters. The summed E-state index contributed by atoms with van der Waals surface area (Å²) in [6, 6.07) is 14.1. The number of rotatable bonds is 2. The Morgan fingerprint density at radius 3 is 1.00 bits per heavy atom. The molecule has 4 heterocycles. The monoisotopic (exact) mass is 580 g/mol. The van der Waals surface area contributed by atoms with Gasteiger partial charge in [-0.2, -0.15) is 19.8 Å². The molecule has 2 aromatic heterocycles. The number of hydrogen-bond acceptors (Lipinski definition) is 8. The maximum Gasteiger partial charge on any atom is 0.312 e. The molecule has 0 spiro atoms. The minimum Gasteiger partial charge on any atom is -0.428 e. The number of anilines is 2. The van der Waals surface area contributed by atoms with Gasteiger partial charge in [-0.15, -0.1) is 0 Å². The zero-order valence-corrected chi connectivity index (χ0v) is 23.9. The van der Waals surface area contributed by atoms with Crippen LogP contribution in [0.4, 0.5) is 12.0 Å². The first-order valence-electron chi connectivity index (χ1n) is 14.0. The molecule has 212 valence electrons. The van der Waals surface area contributed by atoms with Crippen molar-refractivity contribution < 1.29 is 28.0 Å². The third-order valence-electron chi connectivity index (χ3n) is 9.05. The summed E-state index contributed by atoms with van der Waals surface area (Å²) in [5.41, 5.74) is 2.64. The van der Waals surface area contributed by atoms with E-state index in [1.807, 2.05) is 24.3 Å². The van der Waals surface area contributed by atoms with Crippen molar-refractivity contribution in [3.8, 4) is 0 Å². The topological polar surface area (TPSA) is 127 Å². The van der Waals surface area contributed by atoms with Crippen molar-refractivity contribution in [2.45, 2.75) is 27.7 Å². The van der Waals surface area contributed by atoms with Crippen molar-refractivity contribution >= 4 is 78.7 Å². The molecule has 10 nitrogen and oxygen atoms in total. The summed E-state index contributed by atoms with van der Waals surface area (Å²) in [5.74, 6) is -1.01. The van der Waals surface area contributed by atoms with Gasteiger partial charge in [-0.1, -0.05) is 24.3 Å². The van der Waals surface area contributed by atoms with Crippen LogP contribution < -0.4 is 9.80 Å². The number of hydrogen-bond donors (Lipinski definition) is 0. The summed E-state index contributed by atoms with van der Waals surface area (Å²) < 4.78 is 11.3.